The summed E-state index contributed by atoms with van der Waals surface area (Å²) in [4.78, 5) is 7.78. The van der Waals surface area contributed by atoms with E-state index in [0.717, 1.165) is 32.6 Å². The van der Waals surface area contributed by atoms with Gasteiger partial charge in [-0.25, -0.2) is 0 Å². The van der Waals surface area contributed by atoms with Crippen LogP contribution in [-0.4, -0.2) is 78.3 Å². The number of hydrogen-bond donors (Lipinski definition) is 1. The molecule has 0 unspecified atom stereocenters. The van der Waals surface area contributed by atoms with Gasteiger partial charge in [0.2, 0.25) is 0 Å². The monoisotopic (exact) mass is 423 g/mol. The van der Waals surface area contributed by atoms with E-state index >= 15 is 0 Å². The van der Waals surface area contributed by atoms with Crippen LogP contribution in [0.3, 0.4) is 0 Å². The Morgan fingerprint density at radius 3 is 2.60 bits per heavy atom. The second-order valence-corrected chi connectivity index (χ2v) is 10.1. The summed E-state index contributed by atoms with van der Waals surface area (Å²) >= 11 is 1.93. The van der Waals surface area contributed by atoms with Crippen LogP contribution in [0.25, 0.3) is 20.2 Å². The van der Waals surface area contributed by atoms with Crippen molar-refractivity contribution in [1.82, 2.24) is 14.7 Å². The van der Waals surface area contributed by atoms with E-state index in [-0.39, 0.29) is 6.61 Å². The van der Waals surface area contributed by atoms with Crippen LogP contribution in [0.5, 0.6) is 0 Å². The minimum atomic E-state index is 0.285. The lowest BCUT2D eigenvalue weighted by molar-refractivity contribution is 0.00613. The van der Waals surface area contributed by atoms with Crippen molar-refractivity contribution in [2.45, 2.75) is 37.9 Å². The van der Waals surface area contributed by atoms with Crippen molar-refractivity contribution in [1.29, 1.82) is 0 Å². The van der Waals surface area contributed by atoms with Crippen molar-refractivity contribution in [2.75, 3.05) is 46.4 Å². The molecular weight excluding hydrogens is 390 g/mol. The molecule has 4 nitrogen and oxygen atoms in total. The molecule has 1 atom stereocenters. The molecule has 2 fully saturated rings. The van der Waals surface area contributed by atoms with Gasteiger partial charge < -0.3 is 10.0 Å². The minimum Gasteiger partial charge on any atom is -0.396 e. The summed E-state index contributed by atoms with van der Waals surface area (Å²) in [5, 5.41) is 12.5. The third-order valence-electron chi connectivity index (χ3n) is 7.11. The first-order valence-corrected chi connectivity index (χ1v) is 12.2. The number of thiophene rings is 1. The van der Waals surface area contributed by atoms with Crippen LogP contribution in [0.15, 0.2) is 42.5 Å². The number of aliphatic hydroxyl groups excluding tert-OH is 1. The standard InChI is InChI=1S/C25H33N3OS/c1-26-12-9-20(10-13-26)28-15-14-27(18-21(28)11-16-29)17-19-5-4-7-23-22-6-2-3-8-24(22)30-25(19)23/h2-8,20-21,29H,9-18H2,1H3/t21-/m0/s1. The fourth-order valence-corrected chi connectivity index (χ4v) is 6.67. The maximum absolute atomic E-state index is 9.72. The molecule has 1 N–H and O–H groups in total. The normalized spacial score (nSPS) is 22.9. The molecule has 160 valence electrons. The Bertz CT molecular complexity index is 994. The zero-order chi connectivity index (χ0) is 20.5. The predicted molar refractivity (Wildman–Crippen MR) is 127 cm³/mol. The maximum Gasteiger partial charge on any atom is 0.0446 e. The third kappa shape index (κ3) is 4.02. The number of piperazine rings is 1. The number of nitrogens with zero attached hydrogens (tertiary/aromatic N) is 3. The lowest BCUT2D eigenvalue weighted by Crippen LogP contribution is -2.58. The van der Waals surface area contributed by atoms with Crippen molar-refractivity contribution < 1.29 is 5.11 Å². The average molecular weight is 424 g/mol. The molecule has 0 amide bonds. The molecule has 0 spiro atoms. The van der Waals surface area contributed by atoms with Gasteiger partial charge in [0.05, 0.1) is 0 Å². The van der Waals surface area contributed by atoms with Gasteiger partial charge in [-0.1, -0.05) is 36.4 Å². The summed E-state index contributed by atoms with van der Waals surface area (Å²) in [5.41, 5.74) is 1.45. The molecule has 2 aliphatic heterocycles. The minimum absolute atomic E-state index is 0.285. The van der Waals surface area contributed by atoms with E-state index in [9.17, 15) is 5.11 Å². The molecule has 2 saturated heterocycles. The molecule has 2 aromatic carbocycles. The van der Waals surface area contributed by atoms with Crippen LogP contribution in [0.4, 0.5) is 0 Å². The van der Waals surface area contributed by atoms with E-state index < -0.39 is 0 Å². The molecule has 2 aliphatic rings. The van der Waals surface area contributed by atoms with Crippen LogP contribution in [-0.2, 0) is 6.54 Å². The van der Waals surface area contributed by atoms with E-state index in [1.54, 1.807) is 0 Å². The lowest BCUT2D eigenvalue weighted by atomic mass is 9.98. The van der Waals surface area contributed by atoms with Crippen molar-refractivity contribution >= 4 is 31.5 Å². The third-order valence-corrected chi connectivity index (χ3v) is 8.37. The Morgan fingerprint density at radius 2 is 1.77 bits per heavy atom. The van der Waals surface area contributed by atoms with Crippen LogP contribution in [0, 0.1) is 0 Å². The maximum atomic E-state index is 9.72. The summed E-state index contributed by atoms with van der Waals surface area (Å²) in [6, 6.07) is 16.7. The summed E-state index contributed by atoms with van der Waals surface area (Å²) in [6.07, 6.45) is 3.41. The zero-order valence-electron chi connectivity index (χ0n) is 18.0. The highest BCUT2D eigenvalue weighted by Crippen LogP contribution is 2.36. The van der Waals surface area contributed by atoms with Gasteiger partial charge in [0.25, 0.3) is 0 Å². The molecular formula is C25H33N3OS. The molecule has 5 heteroatoms. The molecule has 3 aromatic rings. The first-order valence-electron chi connectivity index (χ1n) is 11.4. The van der Waals surface area contributed by atoms with Gasteiger partial charge in [-0.05, 0) is 51.0 Å². The quantitative estimate of drug-likeness (QED) is 0.671. The van der Waals surface area contributed by atoms with Crippen LogP contribution in [0.2, 0.25) is 0 Å². The Labute approximate surface area is 183 Å². The Morgan fingerprint density at radius 1 is 0.967 bits per heavy atom. The van der Waals surface area contributed by atoms with Crippen LogP contribution in [0.1, 0.15) is 24.8 Å². The Hall–Kier alpha value is -1.50. The van der Waals surface area contributed by atoms with Crippen molar-refractivity contribution in [3.05, 3.63) is 48.0 Å². The molecule has 5 rings (SSSR count). The van der Waals surface area contributed by atoms with Gasteiger partial charge in [0.1, 0.15) is 0 Å². The summed E-state index contributed by atoms with van der Waals surface area (Å²) in [7, 11) is 2.23. The van der Waals surface area contributed by atoms with E-state index in [0.29, 0.717) is 12.1 Å². The van der Waals surface area contributed by atoms with Crippen molar-refractivity contribution in [3.63, 3.8) is 0 Å². The van der Waals surface area contributed by atoms with Gasteiger partial charge in [0.15, 0.2) is 0 Å². The smallest absolute Gasteiger partial charge is 0.0446 e. The topological polar surface area (TPSA) is 30.0 Å². The number of aliphatic hydroxyl groups is 1. The van der Waals surface area contributed by atoms with E-state index in [1.807, 2.05) is 11.3 Å². The largest absolute Gasteiger partial charge is 0.396 e. The second-order valence-electron chi connectivity index (χ2n) is 9.07. The average Bonchev–Trinajstić information content (AvgIpc) is 3.15. The van der Waals surface area contributed by atoms with Crippen LogP contribution < -0.4 is 0 Å². The number of benzene rings is 2. The molecule has 0 bridgehead atoms. The highest BCUT2D eigenvalue weighted by atomic mass is 32.1. The summed E-state index contributed by atoms with van der Waals surface area (Å²) < 4.78 is 2.82. The second kappa shape index (κ2) is 8.93. The van der Waals surface area contributed by atoms with Crippen LogP contribution >= 0.6 is 11.3 Å². The first-order chi connectivity index (χ1) is 14.7. The van der Waals surface area contributed by atoms with Gasteiger partial charge in [-0.3, -0.25) is 9.80 Å². The van der Waals surface area contributed by atoms with Crippen molar-refractivity contribution in [2.24, 2.45) is 0 Å². The van der Waals surface area contributed by atoms with Gasteiger partial charge in [-0.15, -0.1) is 11.3 Å². The fourth-order valence-electron chi connectivity index (χ4n) is 5.46. The molecule has 30 heavy (non-hydrogen) atoms. The number of likely N-dealkylation sites (tertiary alicyclic amines) is 1. The molecule has 0 aliphatic carbocycles. The van der Waals surface area contributed by atoms with E-state index in [2.05, 4.69) is 64.2 Å². The molecule has 0 radical (unpaired) electrons. The Kier molecular flexibility index (Phi) is 6.07. The number of piperidine rings is 1. The Balaban J connectivity index is 1.33. The number of fused-ring (bicyclic) bond motifs is 3. The van der Waals surface area contributed by atoms with E-state index in [4.69, 9.17) is 0 Å². The highest BCUT2D eigenvalue weighted by Gasteiger charge is 2.33. The lowest BCUT2D eigenvalue weighted by Gasteiger charge is -2.47. The SMILES string of the molecule is CN1CCC(N2CCN(Cc3cccc4c3sc3ccccc34)C[C@@H]2CCO)CC1. The number of rotatable bonds is 5. The highest BCUT2D eigenvalue weighted by molar-refractivity contribution is 7.26. The first kappa shape index (κ1) is 20.4. The summed E-state index contributed by atoms with van der Waals surface area (Å²) in [5.74, 6) is 0. The molecule has 3 heterocycles. The molecule has 1 aromatic heterocycles. The van der Waals surface area contributed by atoms with E-state index in [1.165, 1.54) is 51.7 Å². The summed E-state index contributed by atoms with van der Waals surface area (Å²) in [6.45, 7) is 7.00. The van der Waals surface area contributed by atoms with Crippen molar-refractivity contribution in [3.8, 4) is 0 Å². The van der Waals surface area contributed by atoms with Gasteiger partial charge >= 0.3 is 0 Å². The fraction of sp³-hybridized carbons (Fsp3) is 0.520. The van der Waals surface area contributed by atoms with Gasteiger partial charge in [-0.2, -0.15) is 0 Å². The van der Waals surface area contributed by atoms with Gasteiger partial charge in [0, 0.05) is 65.0 Å². The number of hydrogen-bond acceptors (Lipinski definition) is 5. The predicted octanol–water partition coefficient (Wildman–Crippen LogP) is 4.02. The zero-order valence-corrected chi connectivity index (χ0v) is 18.8. The molecule has 0 saturated carbocycles.